The molecule has 11 heteroatoms. The third kappa shape index (κ3) is 6.17. The number of nitrogens with two attached hydrogens (primary N) is 1. The molecule has 0 bridgehead atoms. The number of anilines is 3. The summed E-state index contributed by atoms with van der Waals surface area (Å²) in [5.74, 6) is -0.366. The maximum absolute atomic E-state index is 12.6. The number of primary amides is 1. The molecule has 1 aliphatic rings. The van der Waals surface area contributed by atoms with Gasteiger partial charge in [-0.25, -0.2) is 14.5 Å². The van der Waals surface area contributed by atoms with Crippen molar-refractivity contribution in [2.75, 3.05) is 36.4 Å². The van der Waals surface area contributed by atoms with Gasteiger partial charge in [-0.15, -0.1) is 11.3 Å². The van der Waals surface area contributed by atoms with Gasteiger partial charge in [0.2, 0.25) is 17.8 Å². The molecule has 7 rings (SSSR count). The lowest BCUT2D eigenvalue weighted by Crippen LogP contribution is -2.48. The van der Waals surface area contributed by atoms with Gasteiger partial charge >= 0.3 is 0 Å². The predicted octanol–water partition coefficient (Wildman–Crippen LogP) is 5.86. The molecule has 47 heavy (non-hydrogen) atoms. The number of aromatic nitrogens is 4. The van der Waals surface area contributed by atoms with E-state index in [4.69, 9.17) is 15.8 Å². The summed E-state index contributed by atoms with van der Waals surface area (Å²) in [6, 6.07) is 25.9. The smallest absolute Gasteiger partial charge is 0.230 e. The fourth-order valence-corrected chi connectivity index (χ4v) is 6.98. The number of aryl methyl sites for hydroxylation is 1. The standard InChI is InChI=1S/C36H34N8O2S/c1-23-8-13-30-33(34(41-44(30)22-23)26-6-3-5-25(21-26)32(35(37)46)31-7-4-20-47-31)29-14-15-38-36(40-29)39-27-9-11-28(12-10-27)43-18-16-42(17-19-43)24(2)45/h3-15,20-22,32H,16-19H2,1-2H3,(H2,37,46)(H,38,39,40). The second kappa shape index (κ2) is 12.7. The van der Waals surface area contributed by atoms with Crippen molar-refractivity contribution in [3.63, 3.8) is 0 Å². The molecule has 5 heterocycles. The summed E-state index contributed by atoms with van der Waals surface area (Å²) in [4.78, 5) is 38.8. The summed E-state index contributed by atoms with van der Waals surface area (Å²) >= 11 is 1.51. The highest BCUT2D eigenvalue weighted by atomic mass is 32.1. The van der Waals surface area contributed by atoms with Gasteiger partial charge in [-0.05, 0) is 72.0 Å². The Hall–Kier alpha value is -5.55. The molecule has 1 atom stereocenters. The average molecular weight is 643 g/mol. The van der Waals surface area contributed by atoms with Gasteiger partial charge in [-0.2, -0.15) is 5.10 Å². The van der Waals surface area contributed by atoms with Crippen molar-refractivity contribution in [2.24, 2.45) is 5.73 Å². The van der Waals surface area contributed by atoms with Crippen molar-refractivity contribution in [2.45, 2.75) is 19.8 Å². The number of thiophene rings is 1. The summed E-state index contributed by atoms with van der Waals surface area (Å²) in [6.07, 6.45) is 3.73. The van der Waals surface area contributed by atoms with E-state index in [-0.39, 0.29) is 5.91 Å². The highest BCUT2D eigenvalue weighted by Gasteiger charge is 2.24. The Labute approximate surface area is 276 Å². The van der Waals surface area contributed by atoms with Crippen molar-refractivity contribution in [1.29, 1.82) is 0 Å². The normalized spacial score (nSPS) is 13.9. The number of carbonyl (C=O) groups excluding carboxylic acids is 2. The van der Waals surface area contributed by atoms with Gasteiger partial charge in [0.25, 0.3) is 0 Å². The molecule has 3 N–H and O–H groups in total. The first kappa shape index (κ1) is 30.1. The highest BCUT2D eigenvalue weighted by molar-refractivity contribution is 7.10. The van der Waals surface area contributed by atoms with E-state index in [1.807, 2.05) is 88.6 Å². The predicted molar refractivity (Wildman–Crippen MR) is 186 cm³/mol. The number of hydrogen-bond acceptors (Lipinski definition) is 8. The largest absolute Gasteiger partial charge is 0.369 e. The van der Waals surface area contributed by atoms with E-state index in [0.29, 0.717) is 11.6 Å². The van der Waals surface area contributed by atoms with Crippen LogP contribution in [0.5, 0.6) is 0 Å². The maximum Gasteiger partial charge on any atom is 0.230 e. The van der Waals surface area contributed by atoms with Crippen LogP contribution in [-0.2, 0) is 9.59 Å². The zero-order valence-corrected chi connectivity index (χ0v) is 26.9. The van der Waals surface area contributed by atoms with Gasteiger partial charge in [0, 0.05) is 67.3 Å². The Bertz CT molecular complexity index is 2070. The molecule has 10 nitrogen and oxygen atoms in total. The molecule has 0 radical (unpaired) electrons. The third-order valence-electron chi connectivity index (χ3n) is 8.51. The molecular formula is C36H34N8O2S. The number of hydrogen-bond donors (Lipinski definition) is 2. The number of pyridine rings is 1. The van der Waals surface area contributed by atoms with Crippen molar-refractivity contribution >= 4 is 46.0 Å². The summed E-state index contributed by atoms with van der Waals surface area (Å²) in [5.41, 5.74) is 13.8. The van der Waals surface area contributed by atoms with Gasteiger partial charge in [0.1, 0.15) is 5.69 Å². The Morgan fingerprint density at radius 2 is 1.77 bits per heavy atom. The van der Waals surface area contributed by atoms with Crippen molar-refractivity contribution in [1.82, 2.24) is 24.5 Å². The number of rotatable bonds is 8. The van der Waals surface area contributed by atoms with E-state index in [0.717, 1.165) is 75.9 Å². The number of amides is 2. The first-order chi connectivity index (χ1) is 22.8. The molecule has 2 aromatic carbocycles. The van der Waals surface area contributed by atoms with Gasteiger partial charge in [-0.1, -0.05) is 30.3 Å². The second-order valence-electron chi connectivity index (χ2n) is 11.7. The molecule has 1 unspecified atom stereocenters. The minimum absolute atomic E-state index is 0.122. The Morgan fingerprint density at radius 1 is 0.957 bits per heavy atom. The molecule has 1 saturated heterocycles. The van der Waals surface area contributed by atoms with Crippen molar-refractivity contribution in [3.05, 3.63) is 113 Å². The minimum Gasteiger partial charge on any atom is -0.369 e. The maximum atomic E-state index is 12.6. The topological polar surface area (TPSA) is 122 Å². The van der Waals surface area contributed by atoms with Crippen LogP contribution in [0.2, 0.25) is 0 Å². The van der Waals surface area contributed by atoms with Gasteiger partial charge in [-0.3, -0.25) is 9.59 Å². The summed E-state index contributed by atoms with van der Waals surface area (Å²) in [5, 5.41) is 10.3. The summed E-state index contributed by atoms with van der Waals surface area (Å²) in [6.45, 7) is 6.72. The van der Waals surface area contributed by atoms with Gasteiger partial charge < -0.3 is 20.9 Å². The van der Waals surface area contributed by atoms with Gasteiger partial charge in [0.15, 0.2) is 0 Å². The van der Waals surface area contributed by atoms with Crippen LogP contribution >= 0.6 is 11.3 Å². The Kier molecular flexibility index (Phi) is 8.13. The molecule has 236 valence electrons. The van der Waals surface area contributed by atoms with Crippen LogP contribution in [-0.4, -0.2) is 62.5 Å². The summed E-state index contributed by atoms with van der Waals surface area (Å²) < 4.78 is 1.88. The van der Waals surface area contributed by atoms with Crippen LogP contribution < -0.4 is 16.0 Å². The molecule has 1 fully saturated rings. The van der Waals surface area contributed by atoms with Crippen LogP contribution in [0.25, 0.3) is 28.0 Å². The Morgan fingerprint density at radius 3 is 2.49 bits per heavy atom. The zero-order chi connectivity index (χ0) is 32.5. The average Bonchev–Trinajstić information content (AvgIpc) is 3.74. The van der Waals surface area contributed by atoms with Crippen LogP contribution in [0.4, 0.5) is 17.3 Å². The lowest BCUT2D eigenvalue weighted by molar-refractivity contribution is -0.129. The molecule has 1 aliphatic heterocycles. The van der Waals surface area contributed by atoms with E-state index in [2.05, 4.69) is 33.4 Å². The number of fused-ring (bicyclic) bond motifs is 1. The zero-order valence-electron chi connectivity index (χ0n) is 26.1. The first-order valence-electron chi connectivity index (χ1n) is 15.5. The van der Waals surface area contributed by atoms with Crippen LogP contribution in [0.3, 0.4) is 0 Å². The number of piperazine rings is 1. The lowest BCUT2D eigenvalue weighted by atomic mass is 9.93. The molecule has 4 aromatic heterocycles. The SMILES string of the molecule is CC(=O)N1CCN(c2ccc(Nc3nccc(-c4c(-c5cccc(C(C(N)=O)c6cccs6)c5)nn5cc(C)ccc45)n3)cc2)CC1. The van der Waals surface area contributed by atoms with Gasteiger partial charge in [0.05, 0.1) is 22.7 Å². The van der Waals surface area contributed by atoms with E-state index in [9.17, 15) is 9.59 Å². The highest BCUT2D eigenvalue weighted by Crippen LogP contribution is 2.37. The fraction of sp³-hybridized carbons (Fsp3) is 0.194. The number of nitrogens with zero attached hydrogens (tertiary/aromatic N) is 6. The number of carbonyl (C=O) groups is 2. The van der Waals surface area contributed by atoms with Crippen LogP contribution in [0, 0.1) is 6.92 Å². The van der Waals surface area contributed by atoms with Crippen molar-refractivity contribution < 1.29 is 9.59 Å². The van der Waals surface area contributed by atoms with Crippen LogP contribution in [0.1, 0.15) is 28.8 Å². The lowest BCUT2D eigenvalue weighted by Gasteiger charge is -2.35. The van der Waals surface area contributed by atoms with Crippen LogP contribution in [0.15, 0.2) is 96.6 Å². The molecule has 0 spiro atoms. The molecule has 2 amide bonds. The second-order valence-corrected chi connectivity index (χ2v) is 12.6. The van der Waals surface area contributed by atoms with E-state index >= 15 is 0 Å². The van der Waals surface area contributed by atoms with E-state index in [1.54, 1.807) is 13.1 Å². The quantitative estimate of drug-likeness (QED) is 0.213. The molecule has 0 saturated carbocycles. The molecular weight excluding hydrogens is 609 g/mol. The molecule has 6 aromatic rings. The van der Waals surface area contributed by atoms with Crippen molar-refractivity contribution in [3.8, 4) is 22.5 Å². The number of benzene rings is 2. The Balaban J connectivity index is 1.20. The monoisotopic (exact) mass is 642 g/mol. The summed E-state index contributed by atoms with van der Waals surface area (Å²) in [7, 11) is 0. The third-order valence-corrected chi connectivity index (χ3v) is 9.45. The fourth-order valence-electron chi connectivity index (χ4n) is 6.12. The first-order valence-corrected chi connectivity index (χ1v) is 16.3. The molecule has 0 aliphatic carbocycles. The van der Waals surface area contributed by atoms with E-state index < -0.39 is 11.8 Å². The number of nitrogens with one attached hydrogen (secondary N) is 1. The van der Waals surface area contributed by atoms with E-state index in [1.165, 1.54) is 11.3 Å². The minimum atomic E-state index is -0.552.